The zero-order valence-corrected chi connectivity index (χ0v) is 9.29. The van der Waals surface area contributed by atoms with Gasteiger partial charge in [-0.15, -0.1) is 0 Å². The van der Waals surface area contributed by atoms with E-state index in [1.54, 1.807) is 0 Å². The van der Waals surface area contributed by atoms with E-state index in [2.05, 4.69) is 30.4 Å². The Bertz CT molecular complexity index is 357. The third kappa shape index (κ3) is 1.67. The Hall–Kier alpha value is -0.890. The van der Waals surface area contributed by atoms with Gasteiger partial charge in [0.2, 0.25) is 0 Å². The van der Waals surface area contributed by atoms with Crippen LogP contribution < -0.4 is 5.32 Å². The molecule has 0 unspecified atom stereocenters. The van der Waals surface area contributed by atoms with Crippen LogP contribution in [0.1, 0.15) is 30.0 Å². The summed E-state index contributed by atoms with van der Waals surface area (Å²) in [5, 5.41) is 3.22. The molecule has 0 spiro atoms. The van der Waals surface area contributed by atoms with Crippen molar-refractivity contribution in [1.29, 1.82) is 0 Å². The molecule has 0 saturated carbocycles. The molecule has 1 aliphatic carbocycles. The quantitative estimate of drug-likeness (QED) is 0.744. The molecular weight excluding hydrogens is 190 g/mol. The van der Waals surface area contributed by atoms with Gasteiger partial charge in [0.05, 0.1) is 0 Å². The van der Waals surface area contributed by atoms with Crippen LogP contribution in [-0.4, -0.2) is 11.5 Å². The number of hydrogen-bond acceptors (Lipinski definition) is 1. The summed E-state index contributed by atoms with van der Waals surface area (Å²) in [5.74, 6) is 0. The summed E-state index contributed by atoms with van der Waals surface area (Å²) in [5.41, 5.74) is 4.21. The minimum absolute atomic E-state index is 0.905. The van der Waals surface area contributed by atoms with Crippen molar-refractivity contribution in [2.24, 2.45) is 0 Å². The van der Waals surface area contributed by atoms with Crippen molar-refractivity contribution in [1.82, 2.24) is 5.32 Å². The lowest BCUT2D eigenvalue weighted by atomic mass is 10.0. The van der Waals surface area contributed by atoms with Crippen LogP contribution >= 0.6 is 12.2 Å². The maximum absolute atomic E-state index is 5.35. The van der Waals surface area contributed by atoms with Gasteiger partial charge in [-0.05, 0) is 37.3 Å². The van der Waals surface area contributed by atoms with Crippen molar-refractivity contribution in [3.05, 3.63) is 34.9 Å². The normalized spacial score (nSPS) is 13.8. The van der Waals surface area contributed by atoms with Crippen LogP contribution in [0.3, 0.4) is 0 Å². The Morgan fingerprint density at radius 1 is 1.43 bits per heavy atom. The van der Waals surface area contributed by atoms with E-state index in [4.69, 9.17) is 12.2 Å². The van der Waals surface area contributed by atoms with E-state index in [0.29, 0.717) is 0 Å². The van der Waals surface area contributed by atoms with Gasteiger partial charge in [-0.25, -0.2) is 0 Å². The van der Waals surface area contributed by atoms with Gasteiger partial charge in [-0.2, -0.15) is 0 Å². The summed E-state index contributed by atoms with van der Waals surface area (Å²) < 4.78 is 0. The van der Waals surface area contributed by atoms with Crippen molar-refractivity contribution in [2.45, 2.75) is 26.2 Å². The molecule has 1 aromatic carbocycles. The molecule has 0 aromatic heterocycles. The Labute approximate surface area is 90.5 Å². The monoisotopic (exact) mass is 205 g/mol. The highest BCUT2D eigenvalue weighted by Gasteiger charge is 2.15. The van der Waals surface area contributed by atoms with Crippen LogP contribution in [0.15, 0.2) is 18.2 Å². The fraction of sp³-hybridized carbons (Fsp3) is 0.417. The predicted molar refractivity (Wildman–Crippen MR) is 63.8 cm³/mol. The molecule has 0 fully saturated rings. The van der Waals surface area contributed by atoms with E-state index in [0.717, 1.165) is 11.5 Å². The Balaban J connectivity index is 2.34. The van der Waals surface area contributed by atoms with Gasteiger partial charge in [0.15, 0.2) is 0 Å². The topological polar surface area (TPSA) is 12.0 Å². The van der Waals surface area contributed by atoms with Crippen LogP contribution in [0, 0.1) is 0 Å². The van der Waals surface area contributed by atoms with Crippen LogP contribution in [0.4, 0.5) is 0 Å². The standard InChI is InChI=1S/C12H15NS/c1-2-13-12(14)11-8-4-6-9-5-3-7-10(9)11/h4,6,8H,2-3,5,7H2,1H3,(H,13,14). The largest absolute Gasteiger partial charge is 0.376 e. The van der Waals surface area contributed by atoms with Gasteiger partial charge in [0.1, 0.15) is 4.99 Å². The molecule has 0 aliphatic heterocycles. The molecule has 2 rings (SSSR count). The fourth-order valence-corrected chi connectivity index (χ4v) is 2.42. The molecule has 0 amide bonds. The SMILES string of the molecule is CCNC(=S)c1cccc2c1CCC2. The smallest absolute Gasteiger partial charge is 0.106 e. The molecule has 0 heterocycles. The second-order valence-electron chi connectivity index (χ2n) is 3.66. The molecule has 0 radical (unpaired) electrons. The van der Waals surface area contributed by atoms with Crippen LogP contribution in [0.2, 0.25) is 0 Å². The van der Waals surface area contributed by atoms with Gasteiger partial charge in [0, 0.05) is 12.1 Å². The summed E-state index contributed by atoms with van der Waals surface area (Å²) in [7, 11) is 0. The van der Waals surface area contributed by atoms with Crippen molar-refractivity contribution in [2.75, 3.05) is 6.54 Å². The molecule has 1 aliphatic rings. The lowest BCUT2D eigenvalue weighted by Gasteiger charge is -2.10. The molecule has 0 saturated heterocycles. The van der Waals surface area contributed by atoms with E-state index < -0.39 is 0 Å². The summed E-state index contributed by atoms with van der Waals surface area (Å²) in [6.07, 6.45) is 3.69. The molecule has 1 N–H and O–H groups in total. The number of nitrogens with one attached hydrogen (secondary N) is 1. The summed E-state index contributed by atoms with van der Waals surface area (Å²) in [6, 6.07) is 6.47. The maximum Gasteiger partial charge on any atom is 0.106 e. The lowest BCUT2D eigenvalue weighted by molar-refractivity contribution is 0.910. The van der Waals surface area contributed by atoms with Crippen molar-refractivity contribution in [3.8, 4) is 0 Å². The number of fused-ring (bicyclic) bond motifs is 1. The van der Waals surface area contributed by atoms with E-state index in [-0.39, 0.29) is 0 Å². The highest BCUT2D eigenvalue weighted by molar-refractivity contribution is 7.80. The van der Waals surface area contributed by atoms with Gasteiger partial charge in [-0.3, -0.25) is 0 Å². The van der Waals surface area contributed by atoms with Gasteiger partial charge < -0.3 is 5.32 Å². The molecule has 1 aromatic rings. The van der Waals surface area contributed by atoms with Gasteiger partial charge >= 0.3 is 0 Å². The molecule has 14 heavy (non-hydrogen) atoms. The van der Waals surface area contributed by atoms with E-state index in [1.807, 2.05) is 0 Å². The molecule has 0 bridgehead atoms. The number of thiocarbonyl (C=S) groups is 1. The number of hydrogen-bond donors (Lipinski definition) is 1. The molecule has 2 heteroatoms. The summed E-state index contributed by atoms with van der Waals surface area (Å²) in [6.45, 7) is 2.98. The van der Waals surface area contributed by atoms with Crippen molar-refractivity contribution < 1.29 is 0 Å². The summed E-state index contributed by atoms with van der Waals surface area (Å²) >= 11 is 5.35. The number of benzene rings is 1. The van der Waals surface area contributed by atoms with Gasteiger partial charge in [-0.1, -0.05) is 30.4 Å². The number of rotatable bonds is 2. The zero-order chi connectivity index (χ0) is 9.97. The average molecular weight is 205 g/mol. The minimum Gasteiger partial charge on any atom is -0.376 e. The highest BCUT2D eigenvalue weighted by Crippen LogP contribution is 2.25. The van der Waals surface area contributed by atoms with Gasteiger partial charge in [0.25, 0.3) is 0 Å². The maximum atomic E-state index is 5.35. The average Bonchev–Trinajstić information content (AvgIpc) is 2.65. The van der Waals surface area contributed by atoms with Crippen LogP contribution in [0.25, 0.3) is 0 Å². The van der Waals surface area contributed by atoms with Crippen molar-refractivity contribution in [3.63, 3.8) is 0 Å². The lowest BCUT2D eigenvalue weighted by Crippen LogP contribution is -2.22. The fourth-order valence-electron chi connectivity index (χ4n) is 2.09. The molecular formula is C12H15NS. The van der Waals surface area contributed by atoms with E-state index in [1.165, 1.54) is 36.0 Å². The van der Waals surface area contributed by atoms with E-state index in [9.17, 15) is 0 Å². The first-order valence-electron chi connectivity index (χ1n) is 5.22. The van der Waals surface area contributed by atoms with Crippen molar-refractivity contribution >= 4 is 17.2 Å². The summed E-state index contributed by atoms with van der Waals surface area (Å²) in [4.78, 5) is 0.909. The Kier molecular flexibility index (Phi) is 2.82. The first-order chi connectivity index (χ1) is 6.83. The Morgan fingerprint density at radius 3 is 3.07 bits per heavy atom. The molecule has 74 valence electrons. The third-order valence-electron chi connectivity index (χ3n) is 2.73. The predicted octanol–water partition coefficient (Wildman–Crippen LogP) is 2.46. The first kappa shape index (κ1) is 9.66. The minimum atomic E-state index is 0.905. The Morgan fingerprint density at radius 2 is 2.29 bits per heavy atom. The first-order valence-corrected chi connectivity index (χ1v) is 5.62. The zero-order valence-electron chi connectivity index (χ0n) is 8.47. The van der Waals surface area contributed by atoms with Crippen LogP contribution in [0.5, 0.6) is 0 Å². The number of aryl methyl sites for hydroxylation is 1. The van der Waals surface area contributed by atoms with E-state index >= 15 is 0 Å². The van der Waals surface area contributed by atoms with Crippen LogP contribution in [-0.2, 0) is 12.8 Å². The molecule has 0 atom stereocenters. The second-order valence-corrected chi connectivity index (χ2v) is 4.06. The highest BCUT2D eigenvalue weighted by atomic mass is 32.1. The second kappa shape index (κ2) is 4.09. The third-order valence-corrected chi connectivity index (χ3v) is 3.09. The molecule has 1 nitrogen and oxygen atoms in total.